The molecule has 0 aliphatic carbocycles. The van der Waals surface area contributed by atoms with Crippen LogP contribution in [0.4, 0.5) is 4.39 Å². The van der Waals surface area contributed by atoms with Crippen molar-refractivity contribution in [2.45, 2.75) is 52.6 Å². The van der Waals surface area contributed by atoms with Gasteiger partial charge in [-0.05, 0) is 58.2 Å². The number of likely N-dealkylation sites (tertiary alicyclic amines) is 1. The fraction of sp³-hybridized carbons (Fsp3) is 0.619. The van der Waals surface area contributed by atoms with Gasteiger partial charge in [0.2, 0.25) is 0 Å². The zero-order chi connectivity index (χ0) is 20.5. The van der Waals surface area contributed by atoms with Crippen LogP contribution in [-0.2, 0) is 0 Å². The summed E-state index contributed by atoms with van der Waals surface area (Å²) in [7, 11) is 0. The van der Waals surface area contributed by atoms with E-state index in [2.05, 4.69) is 39.7 Å². The van der Waals surface area contributed by atoms with Gasteiger partial charge in [-0.1, -0.05) is 6.07 Å². The Morgan fingerprint density at radius 1 is 1.29 bits per heavy atom. The lowest BCUT2D eigenvalue weighted by atomic mass is 10.0. The van der Waals surface area contributed by atoms with Gasteiger partial charge in [0.25, 0.3) is 5.91 Å². The van der Waals surface area contributed by atoms with Crippen molar-refractivity contribution >= 4 is 11.9 Å². The molecule has 6 nitrogen and oxygen atoms in total. The molecule has 1 aromatic carbocycles. The summed E-state index contributed by atoms with van der Waals surface area (Å²) in [5.41, 5.74) is 0.857. The highest BCUT2D eigenvalue weighted by atomic mass is 19.1. The smallest absolute Gasteiger partial charge is 0.251 e. The monoisotopic (exact) mass is 391 g/mol. The number of guanidine groups is 1. The first-order valence-electron chi connectivity index (χ1n) is 10.2. The van der Waals surface area contributed by atoms with E-state index in [4.69, 9.17) is 0 Å². The molecule has 0 radical (unpaired) electrons. The zero-order valence-corrected chi connectivity index (χ0v) is 17.5. The molecular weight excluding hydrogens is 357 g/mol. The zero-order valence-electron chi connectivity index (χ0n) is 17.5. The molecule has 1 heterocycles. The number of hydrogen-bond donors (Lipinski definition) is 3. The summed E-state index contributed by atoms with van der Waals surface area (Å²) in [6.45, 7) is 12.0. The fourth-order valence-corrected chi connectivity index (χ4v) is 3.25. The lowest BCUT2D eigenvalue weighted by Crippen LogP contribution is -2.50. The molecule has 0 unspecified atom stereocenters. The Hall–Kier alpha value is -2.15. The van der Waals surface area contributed by atoms with E-state index < -0.39 is 0 Å². The summed E-state index contributed by atoms with van der Waals surface area (Å²) in [4.78, 5) is 19.2. The third-order valence-corrected chi connectivity index (χ3v) is 5.05. The molecule has 0 spiro atoms. The van der Waals surface area contributed by atoms with Crippen LogP contribution in [0, 0.1) is 12.7 Å². The molecule has 156 valence electrons. The molecule has 28 heavy (non-hydrogen) atoms. The number of hydrogen-bond acceptors (Lipinski definition) is 3. The van der Waals surface area contributed by atoms with Crippen LogP contribution in [0.3, 0.4) is 0 Å². The van der Waals surface area contributed by atoms with E-state index in [-0.39, 0.29) is 11.7 Å². The Bertz CT molecular complexity index is 669. The van der Waals surface area contributed by atoms with E-state index in [0.29, 0.717) is 36.3 Å². The summed E-state index contributed by atoms with van der Waals surface area (Å²) in [5, 5.41) is 9.55. The van der Waals surface area contributed by atoms with Crippen LogP contribution >= 0.6 is 0 Å². The van der Waals surface area contributed by atoms with E-state index >= 15 is 0 Å². The number of nitrogens with zero attached hydrogens (tertiary/aromatic N) is 2. The number of amides is 1. The third-order valence-electron chi connectivity index (χ3n) is 5.05. The fourth-order valence-electron chi connectivity index (χ4n) is 3.25. The van der Waals surface area contributed by atoms with E-state index in [1.807, 2.05) is 6.92 Å². The molecule has 1 aromatic rings. The van der Waals surface area contributed by atoms with Crippen molar-refractivity contribution in [3.8, 4) is 0 Å². The number of halogens is 1. The highest BCUT2D eigenvalue weighted by Crippen LogP contribution is 2.13. The molecule has 1 fully saturated rings. The lowest BCUT2D eigenvalue weighted by Gasteiger charge is -2.35. The quantitative estimate of drug-likeness (QED) is 0.379. The molecule has 0 saturated carbocycles. The minimum atomic E-state index is -0.368. The van der Waals surface area contributed by atoms with Gasteiger partial charge in [0.05, 0.1) is 6.54 Å². The molecule has 1 aliphatic heterocycles. The number of aliphatic imine (C=N–C) groups is 1. The number of aryl methyl sites for hydroxylation is 1. The van der Waals surface area contributed by atoms with E-state index in [1.165, 1.54) is 6.07 Å². The second kappa shape index (κ2) is 11.0. The molecule has 2 rings (SSSR count). The van der Waals surface area contributed by atoms with Gasteiger partial charge in [-0.15, -0.1) is 0 Å². The van der Waals surface area contributed by atoms with Crippen molar-refractivity contribution in [2.75, 3.05) is 32.7 Å². The SMILES string of the molecule is CCNC(=NCCNC(=O)c1ccc(C)c(F)c1)NC1CCN(C(C)C)CC1. The molecule has 0 atom stereocenters. The number of benzene rings is 1. The molecule has 3 N–H and O–H groups in total. The molecule has 0 aromatic heterocycles. The standard InChI is InChI=1S/C21H34FN5O/c1-5-23-21(26-18-8-12-27(13-9-18)15(2)3)25-11-10-24-20(28)17-7-6-16(4)19(22)14-17/h6-7,14-15,18H,5,8-13H2,1-4H3,(H,24,28)(H2,23,25,26). The van der Waals surface area contributed by atoms with Crippen LogP contribution in [0.5, 0.6) is 0 Å². The highest BCUT2D eigenvalue weighted by Gasteiger charge is 2.21. The average molecular weight is 392 g/mol. The molecule has 0 bridgehead atoms. The summed E-state index contributed by atoms with van der Waals surface area (Å²) in [6, 6.07) is 5.52. The van der Waals surface area contributed by atoms with Gasteiger partial charge in [-0.2, -0.15) is 0 Å². The largest absolute Gasteiger partial charge is 0.357 e. The molecule has 1 aliphatic rings. The van der Waals surface area contributed by atoms with Gasteiger partial charge >= 0.3 is 0 Å². The van der Waals surface area contributed by atoms with Crippen molar-refractivity contribution in [2.24, 2.45) is 4.99 Å². The van der Waals surface area contributed by atoms with Crippen molar-refractivity contribution in [3.05, 3.63) is 35.1 Å². The van der Waals surface area contributed by atoms with E-state index in [1.54, 1.807) is 19.1 Å². The molecular formula is C21H34FN5O. The maximum absolute atomic E-state index is 13.6. The molecule has 7 heteroatoms. The van der Waals surface area contributed by atoms with E-state index in [9.17, 15) is 9.18 Å². The maximum Gasteiger partial charge on any atom is 0.251 e. The number of rotatable bonds is 7. The van der Waals surface area contributed by atoms with Gasteiger partial charge in [-0.25, -0.2) is 4.39 Å². The Balaban J connectivity index is 1.79. The normalized spacial score (nSPS) is 16.3. The Kier molecular flexibility index (Phi) is 8.70. The van der Waals surface area contributed by atoms with Gasteiger partial charge in [0.15, 0.2) is 5.96 Å². The Morgan fingerprint density at radius 2 is 2.00 bits per heavy atom. The van der Waals surface area contributed by atoms with E-state index in [0.717, 1.165) is 38.4 Å². The van der Waals surface area contributed by atoms with Crippen molar-refractivity contribution in [1.29, 1.82) is 0 Å². The van der Waals surface area contributed by atoms with Crippen LogP contribution in [0.2, 0.25) is 0 Å². The highest BCUT2D eigenvalue weighted by molar-refractivity contribution is 5.94. The summed E-state index contributed by atoms with van der Waals surface area (Å²) in [6.07, 6.45) is 2.19. The maximum atomic E-state index is 13.6. The van der Waals surface area contributed by atoms with Crippen molar-refractivity contribution in [3.63, 3.8) is 0 Å². The van der Waals surface area contributed by atoms with Crippen molar-refractivity contribution < 1.29 is 9.18 Å². The lowest BCUT2D eigenvalue weighted by molar-refractivity contribution is 0.0954. The first kappa shape index (κ1) is 22.1. The summed E-state index contributed by atoms with van der Waals surface area (Å²) >= 11 is 0. The summed E-state index contributed by atoms with van der Waals surface area (Å²) in [5.74, 6) is 0.127. The Labute approximate surface area is 168 Å². The van der Waals surface area contributed by atoms with Gasteiger partial charge in [0, 0.05) is 43.8 Å². The van der Waals surface area contributed by atoms with Crippen molar-refractivity contribution in [1.82, 2.24) is 20.9 Å². The van der Waals surface area contributed by atoms with Gasteiger partial charge in [-0.3, -0.25) is 9.79 Å². The molecule has 1 amide bonds. The second-order valence-corrected chi connectivity index (χ2v) is 7.53. The first-order valence-corrected chi connectivity index (χ1v) is 10.2. The molecule has 1 saturated heterocycles. The minimum Gasteiger partial charge on any atom is -0.357 e. The third kappa shape index (κ3) is 6.78. The second-order valence-electron chi connectivity index (χ2n) is 7.53. The number of carbonyl (C=O) groups excluding carboxylic acids is 1. The predicted octanol–water partition coefficient (Wildman–Crippen LogP) is 2.29. The van der Waals surface area contributed by atoms with Crippen LogP contribution in [0.25, 0.3) is 0 Å². The van der Waals surface area contributed by atoms with Gasteiger partial charge < -0.3 is 20.9 Å². The summed E-state index contributed by atoms with van der Waals surface area (Å²) < 4.78 is 13.6. The van der Waals surface area contributed by atoms with Crippen LogP contribution in [0.1, 0.15) is 49.5 Å². The topological polar surface area (TPSA) is 68.8 Å². The minimum absolute atomic E-state index is 0.284. The average Bonchev–Trinajstić information content (AvgIpc) is 2.67. The van der Waals surface area contributed by atoms with Gasteiger partial charge in [0.1, 0.15) is 5.82 Å². The van der Waals surface area contributed by atoms with Crippen LogP contribution in [0.15, 0.2) is 23.2 Å². The van der Waals surface area contributed by atoms with Crippen LogP contribution in [-0.4, -0.2) is 61.6 Å². The van der Waals surface area contributed by atoms with Crippen LogP contribution < -0.4 is 16.0 Å². The number of nitrogens with one attached hydrogen (secondary N) is 3. The first-order chi connectivity index (χ1) is 13.4. The number of piperidine rings is 1. The number of carbonyl (C=O) groups is 1. The Morgan fingerprint density at radius 3 is 2.61 bits per heavy atom. The predicted molar refractivity (Wildman–Crippen MR) is 112 cm³/mol.